The summed E-state index contributed by atoms with van der Waals surface area (Å²) in [6.45, 7) is 4.15. The lowest BCUT2D eigenvalue weighted by Crippen LogP contribution is -2.32. The van der Waals surface area contributed by atoms with Crippen molar-refractivity contribution < 1.29 is 14.3 Å². The van der Waals surface area contributed by atoms with Crippen LogP contribution in [0.5, 0.6) is 11.5 Å². The summed E-state index contributed by atoms with van der Waals surface area (Å²) in [4.78, 5) is 15.2. The second kappa shape index (κ2) is 9.24. The number of aryl methyl sites for hydroxylation is 1. The van der Waals surface area contributed by atoms with Crippen LogP contribution in [0.1, 0.15) is 36.4 Å². The number of amides is 1. The number of para-hydroxylation sites is 1. The van der Waals surface area contributed by atoms with Gasteiger partial charge in [-0.3, -0.25) is 9.36 Å². The average molecular weight is 451 g/mol. The van der Waals surface area contributed by atoms with Gasteiger partial charge in [-0.25, -0.2) is 0 Å². The third-order valence-electron chi connectivity index (χ3n) is 5.95. The molecule has 1 amide bonds. The molecule has 2 aliphatic rings. The molecule has 0 N–H and O–H groups in total. The number of thioether (sulfide) groups is 1. The van der Waals surface area contributed by atoms with Crippen LogP contribution in [0.4, 0.5) is 0 Å². The molecule has 32 heavy (non-hydrogen) atoms. The van der Waals surface area contributed by atoms with E-state index in [-0.39, 0.29) is 11.9 Å². The number of rotatable bonds is 5. The monoisotopic (exact) mass is 450 g/mol. The van der Waals surface area contributed by atoms with Gasteiger partial charge in [-0.15, -0.1) is 10.2 Å². The Kier molecular flexibility index (Phi) is 6.03. The maximum absolute atomic E-state index is 13.2. The first kappa shape index (κ1) is 20.9. The van der Waals surface area contributed by atoms with Gasteiger partial charge in [0.2, 0.25) is 5.91 Å². The summed E-state index contributed by atoms with van der Waals surface area (Å²) in [7, 11) is 0. The molecule has 0 spiro atoms. The minimum absolute atomic E-state index is 0.0643. The standard InChI is InChI=1S/C24H26N4O3S/c1-17-6-2-3-7-19(17)28-16-25-26-24(28)32-15-23(29)27-11-4-8-20(27)18-9-10-21-22(14-18)31-13-5-12-30-21/h2-3,6-7,9-10,14,16,20H,4-5,8,11-13,15H2,1H3/t20-/m1/s1. The van der Waals surface area contributed by atoms with Crippen molar-refractivity contribution in [3.05, 3.63) is 59.9 Å². The highest BCUT2D eigenvalue weighted by atomic mass is 32.2. The third-order valence-corrected chi connectivity index (χ3v) is 6.87. The van der Waals surface area contributed by atoms with Gasteiger partial charge in [0.05, 0.1) is 30.7 Å². The zero-order valence-electron chi connectivity index (χ0n) is 18.1. The number of hydrogen-bond acceptors (Lipinski definition) is 6. The van der Waals surface area contributed by atoms with Gasteiger partial charge >= 0.3 is 0 Å². The van der Waals surface area contributed by atoms with Crippen LogP contribution in [0.25, 0.3) is 5.69 Å². The average Bonchev–Trinajstić information content (AvgIpc) is 3.42. The Labute approximate surface area is 191 Å². The zero-order valence-corrected chi connectivity index (χ0v) is 18.9. The molecular weight excluding hydrogens is 424 g/mol. The maximum atomic E-state index is 13.2. The van der Waals surface area contributed by atoms with E-state index in [9.17, 15) is 4.79 Å². The first-order chi connectivity index (χ1) is 15.7. The van der Waals surface area contributed by atoms with Gasteiger partial charge in [0.25, 0.3) is 0 Å². The molecule has 0 radical (unpaired) electrons. The Hall–Kier alpha value is -3.00. The molecule has 2 aliphatic heterocycles. The fourth-order valence-corrected chi connectivity index (χ4v) is 5.14. The highest BCUT2D eigenvalue weighted by Crippen LogP contribution is 2.38. The lowest BCUT2D eigenvalue weighted by atomic mass is 10.0. The molecule has 3 aromatic rings. The maximum Gasteiger partial charge on any atom is 0.233 e. The van der Waals surface area contributed by atoms with Crippen molar-refractivity contribution in [3.8, 4) is 17.2 Å². The first-order valence-electron chi connectivity index (χ1n) is 11.0. The van der Waals surface area contributed by atoms with Crippen molar-refractivity contribution in [2.45, 2.75) is 37.4 Å². The minimum Gasteiger partial charge on any atom is -0.490 e. The SMILES string of the molecule is Cc1ccccc1-n1cnnc1SCC(=O)N1CCC[C@@H]1c1ccc2c(c1)OCCCO2. The van der Waals surface area contributed by atoms with Crippen LogP contribution in [0.15, 0.2) is 53.9 Å². The lowest BCUT2D eigenvalue weighted by Gasteiger charge is -2.25. The minimum atomic E-state index is 0.0643. The Morgan fingerprint density at radius 3 is 2.84 bits per heavy atom. The van der Waals surface area contributed by atoms with Gasteiger partial charge in [-0.05, 0) is 49.1 Å². The second-order valence-electron chi connectivity index (χ2n) is 8.06. The molecular formula is C24H26N4O3S. The Morgan fingerprint density at radius 2 is 1.97 bits per heavy atom. The summed E-state index contributed by atoms with van der Waals surface area (Å²) in [5.74, 6) is 2.00. The number of fused-ring (bicyclic) bond motifs is 1. The number of likely N-dealkylation sites (tertiary alicyclic amines) is 1. The number of aromatic nitrogens is 3. The highest BCUT2D eigenvalue weighted by molar-refractivity contribution is 7.99. The van der Waals surface area contributed by atoms with E-state index < -0.39 is 0 Å². The van der Waals surface area contributed by atoms with Gasteiger partial charge < -0.3 is 14.4 Å². The molecule has 0 unspecified atom stereocenters. The van der Waals surface area contributed by atoms with Crippen molar-refractivity contribution >= 4 is 17.7 Å². The van der Waals surface area contributed by atoms with Gasteiger partial charge in [-0.2, -0.15) is 0 Å². The fourth-order valence-electron chi connectivity index (χ4n) is 4.33. The smallest absolute Gasteiger partial charge is 0.233 e. The molecule has 5 rings (SSSR count). The van der Waals surface area contributed by atoms with Crippen LogP contribution < -0.4 is 9.47 Å². The molecule has 3 heterocycles. The zero-order chi connectivity index (χ0) is 21.9. The predicted molar refractivity (Wildman–Crippen MR) is 123 cm³/mol. The van der Waals surface area contributed by atoms with Crippen molar-refractivity contribution in [3.63, 3.8) is 0 Å². The summed E-state index contributed by atoms with van der Waals surface area (Å²) < 4.78 is 13.6. The van der Waals surface area contributed by atoms with Crippen LogP contribution in [0, 0.1) is 6.92 Å². The molecule has 7 nitrogen and oxygen atoms in total. The molecule has 0 saturated carbocycles. The van der Waals surface area contributed by atoms with Gasteiger partial charge in [0.15, 0.2) is 16.7 Å². The van der Waals surface area contributed by atoms with Gasteiger partial charge in [-0.1, -0.05) is 36.0 Å². The van der Waals surface area contributed by atoms with E-state index in [1.54, 1.807) is 6.33 Å². The molecule has 1 saturated heterocycles. The van der Waals surface area contributed by atoms with Crippen LogP contribution in [0.3, 0.4) is 0 Å². The summed E-state index contributed by atoms with van der Waals surface area (Å²) in [5, 5.41) is 9.03. The quantitative estimate of drug-likeness (QED) is 0.543. The summed E-state index contributed by atoms with van der Waals surface area (Å²) in [5.41, 5.74) is 3.27. The molecule has 1 atom stereocenters. The van der Waals surface area contributed by atoms with Crippen molar-refractivity contribution in [1.82, 2.24) is 19.7 Å². The first-order valence-corrected chi connectivity index (χ1v) is 12.0. The molecule has 2 aromatic carbocycles. The third kappa shape index (κ3) is 4.19. The summed E-state index contributed by atoms with van der Waals surface area (Å²) in [6.07, 6.45) is 4.53. The van der Waals surface area contributed by atoms with Crippen LogP contribution in [-0.4, -0.2) is 51.1 Å². The molecule has 8 heteroatoms. The normalized spacial score (nSPS) is 17.9. The Balaban J connectivity index is 1.29. The molecule has 166 valence electrons. The number of carbonyl (C=O) groups is 1. The number of nitrogens with zero attached hydrogens (tertiary/aromatic N) is 4. The summed E-state index contributed by atoms with van der Waals surface area (Å²) >= 11 is 1.43. The van der Waals surface area contributed by atoms with E-state index >= 15 is 0 Å². The van der Waals surface area contributed by atoms with E-state index in [1.165, 1.54) is 11.8 Å². The van der Waals surface area contributed by atoms with E-state index in [0.717, 1.165) is 59.3 Å². The van der Waals surface area contributed by atoms with Crippen molar-refractivity contribution in [2.24, 2.45) is 0 Å². The highest BCUT2D eigenvalue weighted by Gasteiger charge is 2.31. The summed E-state index contributed by atoms with van der Waals surface area (Å²) in [6, 6.07) is 14.2. The van der Waals surface area contributed by atoms with Crippen molar-refractivity contribution in [2.75, 3.05) is 25.5 Å². The topological polar surface area (TPSA) is 69.5 Å². The largest absolute Gasteiger partial charge is 0.490 e. The number of hydrogen-bond donors (Lipinski definition) is 0. The Morgan fingerprint density at radius 1 is 1.12 bits per heavy atom. The van der Waals surface area contributed by atoms with Gasteiger partial charge in [0.1, 0.15) is 6.33 Å². The van der Waals surface area contributed by atoms with E-state index in [1.807, 2.05) is 39.8 Å². The number of carbonyl (C=O) groups excluding carboxylic acids is 1. The molecule has 0 aliphatic carbocycles. The van der Waals surface area contributed by atoms with E-state index in [4.69, 9.17) is 9.47 Å². The molecule has 1 fully saturated rings. The van der Waals surface area contributed by atoms with Crippen molar-refractivity contribution in [1.29, 1.82) is 0 Å². The van der Waals surface area contributed by atoms with Crippen LogP contribution in [-0.2, 0) is 4.79 Å². The fraction of sp³-hybridized carbons (Fsp3) is 0.375. The second-order valence-corrected chi connectivity index (χ2v) is 9.00. The van der Waals surface area contributed by atoms with Gasteiger partial charge in [0, 0.05) is 13.0 Å². The molecule has 1 aromatic heterocycles. The van der Waals surface area contributed by atoms with E-state index in [2.05, 4.69) is 29.3 Å². The van der Waals surface area contributed by atoms with E-state index in [0.29, 0.717) is 19.0 Å². The number of benzene rings is 2. The van der Waals surface area contributed by atoms with Crippen LogP contribution >= 0.6 is 11.8 Å². The number of ether oxygens (including phenoxy) is 2. The molecule has 0 bridgehead atoms. The predicted octanol–water partition coefficient (Wildman–Crippen LogP) is 4.19. The Bertz CT molecular complexity index is 1120. The lowest BCUT2D eigenvalue weighted by molar-refractivity contribution is -0.129. The van der Waals surface area contributed by atoms with Crippen LogP contribution in [0.2, 0.25) is 0 Å².